The van der Waals surface area contributed by atoms with Gasteiger partial charge in [-0.15, -0.1) is 12.4 Å². The monoisotopic (exact) mass is 429 g/mol. The van der Waals surface area contributed by atoms with Crippen LogP contribution in [-0.2, 0) is 14.8 Å². The van der Waals surface area contributed by atoms with Crippen molar-refractivity contribution in [3.8, 4) is 11.5 Å². The van der Waals surface area contributed by atoms with E-state index >= 15 is 0 Å². The van der Waals surface area contributed by atoms with Crippen molar-refractivity contribution in [2.75, 3.05) is 31.3 Å². The standard InChI is InChI=1S/C18H23N3O5S.ClH/c1-3-26-14-5-7-15(8-6-14)27(23,24)20-11-10-18(22)21-13-4-9-17(25-2)16(19)12-13;/h4-9,12,20H,3,10-11,19H2,1-2H3,(H,21,22);1H. The number of halogens is 1. The number of hydrogen-bond donors (Lipinski definition) is 3. The fraction of sp³-hybridized carbons (Fsp3) is 0.278. The minimum atomic E-state index is -3.70. The molecule has 0 heterocycles. The van der Waals surface area contributed by atoms with E-state index < -0.39 is 10.0 Å². The van der Waals surface area contributed by atoms with Crippen LogP contribution in [0.5, 0.6) is 11.5 Å². The van der Waals surface area contributed by atoms with Crippen molar-refractivity contribution in [2.45, 2.75) is 18.2 Å². The third-order valence-corrected chi connectivity index (χ3v) is 5.08. The number of anilines is 2. The molecule has 2 rings (SSSR count). The minimum absolute atomic E-state index is 0. The normalized spacial score (nSPS) is 10.6. The number of sulfonamides is 1. The molecule has 0 unspecified atom stereocenters. The third kappa shape index (κ3) is 6.59. The molecule has 0 radical (unpaired) electrons. The van der Waals surface area contributed by atoms with E-state index in [2.05, 4.69) is 10.0 Å². The summed E-state index contributed by atoms with van der Waals surface area (Å²) in [5.74, 6) is 0.764. The van der Waals surface area contributed by atoms with Crippen LogP contribution in [0.3, 0.4) is 0 Å². The first-order valence-corrected chi connectivity index (χ1v) is 9.80. The van der Waals surface area contributed by atoms with E-state index in [9.17, 15) is 13.2 Å². The van der Waals surface area contributed by atoms with Crippen molar-refractivity contribution >= 4 is 39.7 Å². The smallest absolute Gasteiger partial charge is 0.240 e. The van der Waals surface area contributed by atoms with Crippen LogP contribution in [0.25, 0.3) is 0 Å². The van der Waals surface area contributed by atoms with E-state index in [4.69, 9.17) is 15.2 Å². The number of benzene rings is 2. The molecule has 0 bridgehead atoms. The summed E-state index contributed by atoms with van der Waals surface area (Å²) in [5.41, 5.74) is 6.68. The second kappa shape index (κ2) is 10.7. The van der Waals surface area contributed by atoms with E-state index in [1.165, 1.54) is 19.2 Å². The lowest BCUT2D eigenvalue weighted by molar-refractivity contribution is -0.116. The van der Waals surface area contributed by atoms with E-state index in [1.807, 2.05) is 6.92 Å². The highest BCUT2D eigenvalue weighted by atomic mass is 35.5. The summed E-state index contributed by atoms with van der Waals surface area (Å²) in [5, 5.41) is 2.66. The minimum Gasteiger partial charge on any atom is -0.495 e. The molecular weight excluding hydrogens is 406 g/mol. The summed E-state index contributed by atoms with van der Waals surface area (Å²) in [6.45, 7) is 2.31. The van der Waals surface area contributed by atoms with E-state index in [0.29, 0.717) is 29.5 Å². The second-order valence-electron chi connectivity index (χ2n) is 5.56. The predicted molar refractivity (Wildman–Crippen MR) is 111 cm³/mol. The lowest BCUT2D eigenvalue weighted by Crippen LogP contribution is -2.27. The van der Waals surface area contributed by atoms with Crippen molar-refractivity contribution in [3.63, 3.8) is 0 Å². The first kappa shape index (κ1) is 23.5. The molecule has 0 spiro atoms. The Morgan fingerprint density at radius 3 is 2.39 bits per heavy atom. The number of amides is 1. The lowest BCUT2D eigenvalue weighted by atomic mass is 10.2. The molecule has 0 fully saturated rings. The molecule has 0 aromatic heterocycles. The van der Waals surface area contributed by atoms with Crippen LogP contribution >= 0.6 is 12.4 Å². The van der Waals surface area contributed by atoms with Gasteiger partial charge in [0.15, 0.2) is 0 Å². The molecular formula is C18H24ClN3O5S. The molecule has 0 aliphatic carbocycles. The zero-order valence-electron chi connectivity index (χ0n) is 15.6. The first-order valence-electron chi connectivity index (χ1n) is 8.31. The van der Waals surface area contributed by atoms with Crippen LogP contribution < -0.4 is 25.2 Å². The SMILES string of the molecule is CCOc1ccc(S(=O)(=O)NCCC(=O)Nc2ccc(OC)c(N)c2)cc1.Cl. The molecule has 0 saturated heterocycles. The Balaban J connectivity index is 0.00000392. The first-order chi connectivity index (χ1) is 12.9. The number of carbonyl (C=O) groups excluding carboxylic acids is 1. The number of rotatable bonds is 9. The van der Waals surface area contributed by atoms with Crippen LogP contribution in [0.1, 0.15) is 13.3 Å². The number of nitrogens with one attached hydrogen (secondary N) is 2. The average Bonchev–Trinajstić information content (AvgIpc) is 2.62. The molecule has 10 heteroatoms. The zero-order valence-corrected chi connectivity index (χ0v) is 17.2. The summed E-state index contributed by atoms with van der Waals surface area (Å²) in [6, 6.07) is 10.9. The van der Waals surface area contributed by atoms with E-state index in [1.54, 1.807) is 30.3 Å². The van der Waals surface area contributed by atoms with Gasteiger partial charge in [-0.25, -0.2) is 13.1 Å². The second-order valence-corrected chi connectivity index (χ2v) is 7.32. The van der Waals surface area contributed by atoms with Gasteiger partial charge in [0.1, 0.15) is 11.5 Å². The quantitative estimate of drug-likeness (QED) is 0.526. The van der Waals surface area contributed by atoms with Crippen LogP contribution in [0.4, 0.5) is 11.4 Å². The van der Waals surface area contributed by atoms with Crippen molar-refractivity contribution in [1.29, 1.82) is 0 Å². The molecule has 0 aliphatic heterocycles. The lowest BCUT2D eigenvalue weighted by Gasteiger charge is -2.10. The molecule has 4 N–H and O–H groups in total. The summed E-state index contributed by atoms with van der Waals surface area (Å²) in [6.07, 6.45) is -0.0256. The third-order valence-electron chi connectivity index (χ3n) is 3.60. The Labute approximate surface area is 170 Å². The maximum atomic E-state index is 12.2. The van der Waals surface area contributed by atoms with Crippen LogP contribution in [-0.4, -0.2) is 34.6 Å². The van der Waals surface area contributed by atoms with Crippen molar-refractivity contribution in [3.05, 3.63) is 42.5 Å². The molecule has 2 aromatic rings. The van der Waals surface area contributed by atoms with Gasteiger partial charge in [0.05, 0.1) is 24.3 Å². The van der Waals surface area contributed by atoms with Gasteiger partial charge in [0, 0.05) is 18.7 Å². The molecule has 28 heavy (non-hydrogen) atoms. The predicted octanol–water partition coefficient (Wildman–Crippen LogP) is 2.40. The summed E-state index contributed by atoms with van der Waals surface area (Å²) in [7, 11) is -2.20. The molecule has 2 aromatic carbocycles. The average molecular weight is 430 g/mol. The van der Waals surface area contributed by atoms with Crippen LogP contribution in [0.2, 0.25) is 0 Å². The number of methoxy groups -OCH3 is 1. The largest absolute Gasteiger partial charge is 0.495 e. The summed E-state index contributed by atoms with van der Waals surface area (Å²) in [4.78, 5) is 12.1. The number of nitrogens with two attached hydrogens (primary N) is 1. The van der Waals surface area contributed by atoms with Gasteiger partial charge in [-0.2, -0.15) is 0 Å². The molecule has 0 atom stereocenters. The van der Waals surface area contributed by atoms with Gasteiger partial charge in [0.25, 0.3) is 0 Å². The number of ether oxygens (including phenoxy) is 2. The maximum absolute atomic E-state index is 12.2. The van der Waals surface area contributed by atoms with Gasteiger partial charge in [-0.1, -0.05) is 0 Å². The summed E-state index contributed by atoms with van der Waals surface area (Å²) < 4.78 is 37.2. The van der Waals surface area contributed by atoms with Crippen molar-refractivity contribution in [1.82, 2.24) is 4.72 Å². The zero-order chi connectivity index (χ0) is 19.9. The van der Waals surface area contributed by atoms with Crippen molar-refractivity contribution < 1.29 is 22.7 Å². The van der Waals surface area contributed by atoms with Crippen LogP contribution in [0.15, 0.2) is 47.4 Å². The Bertz CT molecular complexity index is 889. The number of carbonyl (C=O) groups is 1. The highest BCUT2D eigenvalue weighted by molar-refractivity contribution is 7.89. The number of nitrogen functional groups attached to an aromatic ring is 1. The van der Waals surface area contributed by atoms with Crippen LogP contribution in [0, 0.1) is 0 Å². The molecule has 0 aliphatic rings. The van der Waals surface area contributed by atoms with E-state index in [0.717, 1.165) is 0 Å². The topological polar surface area (TPSA) is 120 Å². The van der Waals surface area contributed by atoms with Gasteiger partial charge in [-0.05, 0) is 49.4 Å². The van der Waals surface area contributed by atoms with Gasteiger partial charge < -0.3 is 20.5 Å². The Morgan fingerprint density at radius 1 is 1.14 bits per heavy atom. The fourth-order valence-electron chi connectivity index (χ4n) is 2.30. The molecule has 8 nitrogen and oxygen atoms in total. The highest BCUT2D eigenvalue weighted by Crippen LogP contribution is 2.24. The van der Waals surface area contributed by atoms with Gasteiger partial charge >= 0.3 is 0 Å². The number of hydrogen-bond acceptors (Lipinski definition) is 6. The maximum Gasteiger partial charge on any atom is 0.240 e. The van der Waals surface area contributed by atoms with Gasteiger partial charge in [0.2, 0.25) is 15.9 Å². The molecule has 154 valence electrons. The molecule has 1 amide bonds. The fourth-order valence-corrected chi connectivity index (χ4v) is 3.33. The van der Waals surface area contributed by atoms with Gasteiger partial charge in [-0.3, -0.25) is 4.79 Å². The van der Waals surface area contributed by atoms with E-state index in [-0.39, 0.29) is 36.2 Å². The Kier molecular flexibility index (Phi) is 9.04. The summed E-state index contributed by atoms with van der Waals surface area (Å²) >= 11 is 0. The highest BCUT2D eigenvalue weighted by Gasteiger charge is 2.14. The Hall–Kier alpha value is -2.49. The Morgan fingerprint density at radius 2 is 1.82 bits per heavy atom. The molecule has 0 saturated carbocycles. The van der Waals surface area contributed by atoms with Crippen molar-refractivity contribution in [2.24, 2.45) is 0 Å².